The summed E-state index contributed by atoms with van der Waals surface area (Å²) in [5, 5.41) is 3.23. The molecular weight excluding hydrogens is 325 g/mol. The molecule has 0 saturated heterocycles. The lowest BCUT2D eigenvalue weighted by Crippen LogP contribution is -2.00. The summed E-state index contributed by atoms with van der Waals surface area (Å²) in [4.78, 5) is 16.6. The topological polar surface area (TPSA) is 60.7 Å². The van der Waals surface area contributed by atoms with Crippen LogP contribution in [0.15, 0.2) is 45.7 Å². The first-order valence-corrected chi connectivity index (χ1v) is 6.81. The van der Waals surface area contributed by atoms with Crippen molar-refractivity contribution in [3.8, 4) is 0 Å². The summed E-state index contributed by atoms with van der Waals surface area (Å²) in [6, 6.07) is 10.4. The maximum Gasteiger partial charge on any atom is 0.323 e. The minimum Gasteiger partial charge on any atom is -0.381 e. The van der Waals surface area contributed by atoms with Crippen molar-refractivity contribution in [2.24, 2.45) is 0 Å². The number of aromatic amines is 2. The standard InChI is InChI=1S/C14H11BrFN3O/c15-10-5-8(1-3-11(10)16)7-17-9-2-4-12-13(6-9)19-14(20)18-12/h1-6,17H,7H2,(H2,18,19,20). The van der Waals surface area contributed by atoms with Crippen LogP contribution in [0.2, 0.25) is 0 Å². The number of hydrogen-bond acceptors (Lipinski definition) is 2. The molecular formula is C14H11BrFN3O. The van der Waals surface area contributed by atoms with Gasteiger partial charge in [-0.15, -0.1) is 0 Å². The van der Waals surface area contributed by atoms with E-state index in [-0.39, 0.29) is 11.5 Å². The van der Waals surface area contributed by atoms with Crippen LogP contribution >= 0.6 is 15.9 Å². The molecule has 3 N–H and O–H groups in total. The molecule has 2 aromatic carbocycles. The van der Waals surface area contributed by atoms with Gasteiger partial charge in [-0.1, -0.05) is 6.07 Å². The van der Waals surface area contributed by atoms with E-state index in [1.54, 1.807) is 12.1 Å². The number of aromatic nitrogens is 2. The van der Waals surface area contributed by atoms with Gasteiger partial charge in [0.1, 0.15) is 5.82 Å². The number of imidazole rings is 1. The molecule has 1 heterocycles. The van der Waals surface area contributed by atoms with Crippen LogP contribution in [0.25, 0.3) is 11.0 Å². The van der Waals surface area contributed by atoms with Crippen molar-refractivity contribution in [2.45, 2.75) is 6.54 Å². The van der Waals surface area contributed by atoms with E-state index in [1.807, 2.05) is 18.2 Å². The zero-order valence-electron chi connectivity index (χ0n) is 10.3. The van der Waals surface area contributed by atoms with E-state index in [1.165, 1.54) is 6.07 Å². The van der Waals surface area contributed by atoms with Crippen LogP contribution in [0.5, 0.6) is 0 Å². The van der Waals surface area contributed by atoms with Gasteiger partial charge in [-0.25, -0.2) is 9.18 Å². The summed E-state index contributed by atoms with van der Waals surface area (Å²) >= 11 is 3.16. The molecule has 0 unspecified atom stereocenters. The van der Waals surface area contributed by atoms with Crippen molar-refractivity contribution in [2.75, 3.05) is 5.32 Å². The van der Waals surface area contributed by atoms with Crippen molar-refractivity contribution in [3.05, 3.63) is 62.7 Å². The largest absolute Gasteiger partial charge is 0.381 e. The summed E-state index contributed by atoms with van der Waals surface area (Å²) in [6.45, 7) is 0.568. The van der Waals surface area contributed by atoms with Crippen molar-refractivity contribution in [1.82, 2.24) is 9.97 Å². The van der Waals surface area contributed by atoms with Gasteiger partial charge in [0.25, 0.3) is 0 Å². The highest BCUT2D eigenvalue weighted by Gasteiger charge is 2.02. The van der Waals surface area contributed by atoms with Crippen molar-refractivity contribution < 1.29 is 4.39 Å². The van der Waals surface area contributed by atoms with E-state index >= 15 is 0 Å². The maximum absolute atomic E-state index is 13.1. The van der Waals surface area contributed by atoms with Gasteiger partial charge in [-0.05, 0) is 51.8 Å². The number of hydrogen-bond donors (Lipinski definition) is 3. The molecule has 102 valence electrons. The van der Waals surface area contributed by atoms with Crippen LogP contribution in [0, 0.1) is 5.82 Å². The molecule has 0 aliphatic rings. The molecule has 4 nitrogen and oxygen atoms in total. The maximum atomic E-state index is 13.1. The summed E-state index contributed by atoms with van der Waals surface area (Å²) in [5.41, 5.74) is 3.14. The normalized spacial score (nSPS) is 10.9. The van der Waals surface area contributed by atoms with Gasteiger partial charge in [0, 0.05) is 12.2 Å². The quantitative estimate of drug-likeness (QED) is 0.687. The fourth-order valence-corrected chi connectivity index (χ4v) is 2.42. The lowest BCUT2D eigenvalue weighted by Gasteiger charge is -2.07. The molecule has 0 saturated carbocycles. The lowest BCUT2D eigenvalue weighted by atomic mass is 10.2. The van der Waals surface area contributed by atoms with Crippen LogP contribution in [0.4, 0.5) is 10.1 Å². The Labute approximate surface area is 122 Å². The predicted molar refractivity (Wildman–Crippen MR) is 80.3 cm³/mol. The van der Waals surface area contributed by atoms with Gasteiger partial charge >= 0.3 is 5.69 Å². The molecule has 0 bridgehead atoms. The third-order valence-corrected chi connectivity index (χ3v) is 3.60. The third kappa shape index (κ3) is 2.60. The van der Waals surface area contributed by atoms with Crippen molar-refractivity contribution in [1.29, 1.82) is 0 Å². The molecule has 1 aromatic heterocycles. The Hall–Kier alpha value is -2.08. The number of benzene rings is 2. The van der Waals surface area contributed by atoms with Crippen LogP contribution in [0.3, 0.4) is 0 Å². The fourth-order valence-electron chi connectivity index (χ4n) is 2.00. The first-order chi connectivity index (χ1) is 9.61. The predicted octanol–water partition coefficient (Wildman–Crippen LogP) is 3.37. The summed E-state index contributed by atoms with van der Waals surface area (Å²) in [7, 11) is 0. The average Bonchev–Trinajstić information content (AvgIpc) is 2.79. The molecule has 3 rings (SSSR count). The Morgan fingerprint density at radius 1 is 1.10 bits per heavy atom. The monoisotopic (exact) mass is 335 g/mol. The van der Waals surface area contributed by atoms with Gasteiger partial charge in [-0.3, -0.25) is 0 Å². The van der Waals surface area contributed by atoms with E-state index in [0.29, 0.717) is 11.0 Å². The van der Waals surface area contributed by atoms with E-state index < -0.39 is 0 Å². The average molecular weight is 336 g/mol. The molecule has 0 amide bonds. The van der Waals surface area contributed by atoms with E-state index in [9.17, 15) is 9.18 Å². The van der Waals surface area contributed by atoms with E-state index in [0.717, 1.165) is 22.3 Å². The second kappa shape index (κ2) is 5.13. The lowest BCUT2D eigenvalue weighted by molar-refractivity contribution is 0.620. The van der Waals surface area contributed by atoms with Crippen molar-refractivity contribution >= 4 is 32.7 Å². The van der Waals surface area contributed by atoms with Gasteiger partial charge in [0.05, 0.1) is 15.5 Å². The molecule has 0 radical (unpaired) electrons. The third-order valence-electron chi connectivity index (χ3n) is 3.00. The first-order valence-electron chi connectivity index (χ1n) is 6.02. The van der Waals surface area contributed by atoms with Gasteiger partial charge in [-0.2, -0.15) is 0 Å². The fraction of sp³-hybridized carbons (Fsp3) is 0.0714. The Morgan fingerprint density at radius 2 is 1.90 bits per heavy atom. The second-order valence-electron chi connectivity index (χ2n) is 4.44. The molecule has 3 aromatic rings. The van der Waals surface area contributed by atoms with Crippen LogP contribution in [-0.2, 0) is 6.54 Å². The van der Waals surface area contributed by atoms with Crippen molar-refractivity contribution in [3.63, 3.8) is 0 Å². The Kier molecular flexibility index (Phi) is 3.31. The molecule has 0 spiro atoms. The Morgan fingerprint density at radius 3 is 2.70 bits per heavy atom. The molecule has 0 aliphatic carbocycles. The number of halogens is 2. The highest BCUT2D eigenvalue weighted by molar-refractivity contribution is 9.10. The zero-order chi connectivity index (χ0) is 14.1. The van der Waals surface area contributed by atoms with Gasteiger partial charge in [0.15, 0.2) is 0 Å². The highest BCUT2D eigenvalue weighted by atomic mass is 79.9. The molecule has 0 atom stereocenters. The molecule has 20 heavy (non-hydrogen) atoms. The number of anilines is 1. The minimum atomic E-state index is -0.278. The number of nitrogens with one attached hydrogen (secondary N) is 3. The van der Waals surface area contributed by atoms with Crippen LogP contribution in [-0.4, -0.2) is 9.97 Å². The summed E-state index contributed by atoms with van der Waals surface area (Å²) < 4.78 is 13.6. The summed E-state index contributed by atoms with van der Waals surface area (Å²) in [6.07, 6.45) is 0. The zero-order valence-corrected chi connectivity index (χ0v) is 11.9. The SMILES string of the molecule is O=c1[nH]c2ccc(NCc3ccc(F)c(Br)c3)cc2[nH]1. The Bertz CT molecular complexity index is 825. The highest BCUT2D eigenvalue weighted by Crippen LogP contribution is 2.19. The Balaban J connectivity index is 1.78. The first kappa shape index (κ1) is 12.9. The molecule has 0 aliphatic heterocycles. The van der Waals surface area contributed by atoms with Gasteiger partial charge in [0.2, 0.25) is 0 Å². The number of rotatable bonds is 3. The number of fused-ring (bicyclic) bond motifs is 1. The minimum absolute atomic E-state index is 0.223. The summed E-state index contributed by atoms with van der Waals surface area (Å²) in [5.74, 6) is -0.278. The smallest absolute Gasteiger partial charge is 0.323 e. The van der Waals surface area contributed by atoms with Crippen LogP contribution in [0.1, 0.15) is 5.56 Å². The number of H-pyrrole nitrogens is 2. The van der Waals surface area contributed by atoms with Crippen LogP contribution < -0.4 is 11.0 Å². The molecule has 0 fully saturated rings. The van der Waals surface area contributed by atoms with Gasteiger partial charge < -0.3 is 15.3 Å². The van der Waals surface area contributed by atoms with E-state index in [4.69, 9.17) is 0 Å². The molecule has 6 heteroatoms. The van der Waals surface area contributed by atoms with E-state index in [2.05, 4.69) is 31.2 Å². The second-order valence-corrected chi connectivity index (χ2v) is 5.30.